The Morgan fingerprint density at radius 2 is 2.02 bits per heavy atom. The lowest BCUT2D eigenvalue weighted by atomic mass is 9.94. The van der Waals surface area contributed by atoms with E-state index < -0.39 is 17.7 Å². The zero-order valence-corrected chi connectivity index (χ0v) is 22.7. The van der Waals surface area contributed by atoms with Crippen LogP contribution in [0.2, 0.25) is 0 Å². The molecule has 0 radical (unpaired) electrons. The number of aryl methyl sites for hydroxylation is 1. The number of benzene rings is 2. The number of hydrogen-bond donors (Lipinski definition) is 1. The highest BCUT2D eigenvalue weighted by molar-refractivity contribution is 6.46. The predicted molar refractivity (Wildman–Crippen MR) is 149 cm³/mol. The molecule has 9 heteroatoms. The molecule has 3 aromatic rings. The largest absolute Gasteiger partial charge is 0.507 e. The summed E-state index contributed by atoms with van der Waals surface area (Å²) in [7, 11) is 0. The zero-order chi connectivity index (χ0) is 28.2. The number of imidazole rings is 1. The first-order valence-electron chi connectivity index (χ1n) is 13.5. The number of carbonyl (C=O) groups is 2. The first-order chi connectivity index (χ1) is 19.4. The van der Waals surface area contributed by atoms with Crippen LogP contribution in [0.4, 0.5) is 0 Å². The van der Waals surface area contributed by atoms with Crippen LogP contribution in [0, 0.1) is 0 Å². The molecule has 9 nitrogen and oxygen atoms in total. The Balaban J connectivity index is 1.56. The molecule has 5 rings (SSSR count). The normalized spacial score (nSPS) is 19.4. The minimum absolute atomic E-state index is 0.0345. The average molecular weight is 544 g/mol. The van der Waals surface area contributed by atoms with Crippen LogP contribution >= 0.6 is 0 Å². The lowest BCUT2D eigenvalue weighted by Crippen LogP contribution is -2.31. The van der Waals surface area contributed by atoms with E-state index in [0.29, 0.717) is 61.8 Å². The molecule has 1 N–H and O–H groups in total. The number of aliphatic hydroxyl groups is 1. The molecule has 0 unspecified atom stereocenters. The summed E-state index contributed by atoms with van der Waals surface area (Å²) in [5.74, 6) is 0.176. The molecule has 0 saturated carbocycles. The maximum absolute atomic E-state index is 13.5. The first-order valence-corrected chi connectivity index (χ1v) is 13.5. The molecule has 2 atom stereocenters. The van der Waals surface area contributed by atoms with Crippen LogP contribution in [-0.2, 0) is 22.6 Å². The van der Waals surface area contributed by atoms with Gasteiger partial charge in [-0.1, -0.05) is 18.7 Å². The van der Waals surface area contributed by atoms with Crippen molar-refractivity contribution in [2.24, 2.45) is 0 Å². The summed E-state index contributed by atoms with van der Waals surface area (Å²) < 4.78 is 19.3. The molecule has 0 spiro atoms. The third-order valence-corrected chi connectivity index (χ3v) is 7.02. The molecule has 1 amide bonds. The number of ether oxygens (including phenoxy) is 3. The zero-order valence-electron chi connectivity index (χ0n) is 22.7. The number of aliphatic hydroxyl groups excluding tert-OH is 1. The number of fused-ring (bicyclic) bond motifs is 1. The molecule has 2 aromatic carbocycles. The van der Waals surface area contributed by atoms with Crippen LogP contribution in [-0.4, -0.2) is 57.1 Å². The average Bonchev–Trinajstić information content (AvgIpc) is 3.66. The summed E-state index contributed by atoms with van der Waals surface area (Å²) >= 11 is 0. The van der Waals surface area contributed by atoms with Gasteiger partial charge in [-0.15, -0.1) is 0 Å². The maximum atomic E-state index is 13.5. The van der Waals surface area contributed by atoms with Crippen LogP contribution in [0.5, 0.6) is 17.2 Å². The van der Waals surface area contributed by atoms with Gasteiger partial charge < -0.3 is 28.8 Å². The first kappa shape index (κ1) is 27.1. The highest BCUT2D eigenvalue weighted by Crippen LogP contribution is 2.43. The minimum atomic E-state index is -0.807. The smallest absolute Gasteiger partial charge is 0.295 e. The van der Waals surface area contributed by atoms with Gasteiger partial charge in [-0.2, -0.15) is 0 Å². The minimum Gasteiger partial charge on any atom is -0.507 e. The lowest BCUT2D eigenvalue weighted by molar-refractivity contribution is -0.139. The second kappa shape index (κ2) is 11.7. The van der Waals surface area contributed by atoms with Crippen LogP contribution < -0.4 is 14.2 Å². The van der Waals surface area contributed by atoms with Crippen molar-refractivity contribution in [1.82, 2.24) is 14.5 Å². The number of rotatable bonds is 11. The second-order valence-corrected chi connectivity index (χ2v) is 9.84. The highest BCUT2D eigenvalue weighted by Gasteiger charge is 2.46. The molecule has 1 fully saturated rings. The number of likely N-dealkylation sites (tertiary alicyclic amines) is 1. The van der Waals surface area contributed by atoms with Gasteiger partial charge in [-0.05, 0) is 61.7 Å². The van der Waals surface area contributed by atoms with E-state index in [9.17, 15) is 14.7 Å². The molecule has 2 aliphatic heterocycles. The molecule has 1 saturated heterocycles. The van der Waals surface area contributed by atoms with Gasteiger partial charge in [0.05, 0.1) is 24.5 Å². The third kappa shape index (κ3) is 5.32. The fourth-order valence-electron chi connectivity index (χ4n) is 5.26. The van der Waals surface area contributed by atoms with E-state index in [1.54, 1.807) is 48.9 Å². The summed E-state index contributed by atoms with van der Waals surface area (Å²) in [6.45, 7) is 9.16. The number of hydrogen-bond acceptors (Lipinski definition) is 7. The van der Waals surface area contributed by atoms with Gasteiger partial charge in [0.25, 0.3) is 11.7 Å². The highest BCUT2D eigenvalue weighted by atomic mass is 16.5. The number of aromatic nitrogens is 2. The van der Waals surface area contributed by atoms with Gasteiger partial charge in [0.15, 0.2) is 11.5 Å². The number of nitrogens with zero attached hydrogens (tertiary/aromatic N) is 3. The van der Waals surface area contributed by atoms with Crippen molar-refractivity contribution >= 4 is 17.4 Å². The number of carbonyl (C=O) groups excluding carboxylic acids is 2. The molecule has 0 aliphatic carbocycles. The Kier molecular flexibility index (Phi) is 7.91. The third-order valence-electron chi connectivity index (χ3n) is 7.02. The van der Waals surface area contributed by atoms with Crippen molar-refractivity contribution in [3.8, 4) is 17.2 Å². The fraction of sp³-hybridized carbons (Fsp3) is 0.323. The van der Waals surface area contributed by atoms with Crippen molar-refractivity contribution in [2.75, 3.05) is 19.8 Å². The summed E-state index contributed by atoms with van der Waals surface area (Å²) in [4.78, 5) is 32.5. The topological polar surface area (TPSA) is 103 Å². The monoisotopic (exact) mass is 543 g/mol. The Labute approximate surface area is 233 Å². The van der Waals surface area contributed by atoms with Crippen molar-refractivity contribution in [2.45, 2.75) is 45.4 Å². The molecule has 2 aliphatic rings. The number of Topliss-reactive ketones (excluding diaryl/α,β-unsaturated/α-hetero) is 1. The summed E-state index contributed by atoms with van der Waals surface area (Å²) in [5, 5.41) is 11.5. The van der Waals surface area contributed by atoms with Gasteiger partial charge in [0.1, 0.15) is 24.2 Å². The number of ketones is 1. The maximum Gasteiger partial charge on any atom is 0.295 e. The van der Waals surface area contributed by atoms with E-state index >= 15 is 0 Å². The van der Waals surface area contributed by atoms with E-state index in [1.807, 2.05) is 30.7 Å². The molecule has 1 aromatic heterocycles. The molecular weight excluding hydrogens is 510 g/mol. The van der Waals surface area contributed by atoms with E-state index in [2.05, 4.69) is 11.6 Å². The summed E-state index contributed by atoms with van der Waals surface area (Å²) in [6, 6.07) is 9.85. The van der Waals surface area contributed by atoms with Gasteiger partial charge in [-0.3, -0.25) is 9.59 Å². The van der Waals surface area contributed by atoms with Crippen molar-refractivity contribution in [3.05, 3.63) is 90.0 Å². The lowest BCUT2D eigenvalue weighted by Gasteiger charge is -2.26. The van der Waals surface area contributed by atoms with E-state index in [0.717, 1.165) is 11.3 Å². The van der Waals surface area contributed by atoms with Gasteiger partial charge in [0, 0.05) is 37.5 Å². The molecule has 208 valence electrons. The Morgan fingerprint density at radius 1 is 1.18 bits per heavy atom. The van der Waals surface area contributed by atoms with E-state index in [1.165, 1.54) is 4.90 Å². The van der Waals surface area contributed by atoms with Gasteiger partial charge in [0.2, 0.25) is 0 Å². The number of amides is 1. The fourth-order valence-corrected chi connectivity index (χ4v) is 5.26. The van der Waals surface area contributed by atoms with Crippen molar-refractivity contribution in [1.29, 1.82) is 0 Å². The van der Waals surface area contributed by atoms with Gasteiger partial charge in [-0.25, -0.2) is 4.98 Å². The Hall–Kier alpha value is -4.53. The predicted octanol–water partition coefficient (Wildman–Crippen LogP) is 4.68. The van der Waals surface area contributed by atoms with Crippen LogP contribution in [0.15, 0.2) is 73.3 Å². The van der Waals surface area contributed by atoms with E-state index in [4.69, 9.17) is 14.2 Å². The Morgan fingerprint density at radius 3 is 2.77 bits per heavy atom. The molecular formula is C31H33N3O6. The van der Waals surface area contributed by atoms with E-state index in [-0.39, 0.29) is 17.4 Å². The second-order valence-electron chi connectivity index (χ2n) is 9.84. The summed E-state index contributed by atoms with van der Waals surface area (Å²) in [5.41, 5.74) is 2.09. The SMILES string of the molecule is C=CCOc1ccc([C@H]2/C(=C(\O)c3ccc4c(c3)C[C@@H](C)O4)C(=O)C(=O)N2CCCn2ccnc2)cc1OCC. The molecule has 3 heterocycles. The van der Waals surface area contributed by atoms with Crippen molar-refractivity contribution < 1.29 is 28.9 Å². The van der Waals surface area contributed by atoms with Crippen LogP contribution in [0.25, 0.3) is 5.76 Å². The standard InChI is InChI=1S/C31H33N3O6/c1-4-15-39-25-10-7-21(18-26(25)38-5-2)28-27(29(35)22-8-9-24-23(17-22)16-20(3)40-24)30(36)31(37)34(28)13-6-12-33-14-11-32-19-33/h4,7-11,14,17-20,28,35H,1,5-6,12-13,15-16H2,2-3H3/b29-27+/t20-,28+/m1/s1. The molecule has 40 heavy (non-hydrogen) atoms. The molecule has 0 bridgehead atoms. The van der Waals surface area contributed by atoms with Crippen molar-refractivity contribution in [3.63, 3.8) is 0 Å². The van der Waals surface area contributed by atoms with Crippen LogP contribution in [0.1, 0.15) is 43.0 Å². The van der Waals surface area contributed by atoms with Gasteiger partial charge >= 0.3 is 0 Å². The van der Waals surface area contributed by atoms with Crippen LogP contribution in [0.3, 0.4) is 0 Å². The quantitative estimate of drug-likeness (QED) is 0.162. The summed E-state index contributed by atoms with van der Waals surface area (Å²) in [6.07, 6.45) is 8.22. The Bertz CT molecular complexity index is 1450.